The van der Waals surface area contributed by atoms with Crippen LogP contribution >= 0.6 is 0 Å². The molecule has 0 atom stereocenters. The Labute approximate surface area is 345 Å². The molecule has 6 heteroatoms. The summed E-state index contributed by atoms with van der Waals surface area (Å²) < 4.78 is 49.5. The standard InChI is InChI=1S/C54H38F3N3/c1-32-21-33(2)24-38(23-32)36-17-19-44-42-12-6-9-15-48(42)59(51(44)27-36)50-30-46(41-11-5-8-14-47(41)54(55,56)57)53(29-40(50)31-58)60-49-16-10-7-13-43(49)45-20-18-37(28-52(45)60)39-25-34(3)22-35(4)26-39/h5-30H,1-4H3. The Morgan fingerprint density at radius 3 is 1.37 bits per heavy atom. The number of nitriles is 1. The van der Waals surface area contributed by atoms with Gasteiger partial charge < -0.3 is 9.13 Å². The molecule has 60 heavy (non-hydrogen) atoms. The molecule has 0 radical (unpaired) electrons. The zero-order valence-corrected chi connectivity index (χ0v) is 33.5. The van der Waals surface area contributed by atoms with Gasteiger partial charge in [0.05, 0.1) is 44.6 Å². The topological polar surface area (TPSA) is 33.6 Å². The Morgan fingerprint density at radius 2 is 0.867 bits per heavy atom. The maximum absolute atomic E-state index is 15.2. The van der Waals surface area contributed by atoms with E-state index in [9.17, 15) is 5.26 Å². The largest absolute Gasteiger partial charge is 0.417 e. The SMILES string of the molecule is Cc1cc(C)cc(-c2ccc3c4ccccc4n(-c4cc(-c5ccccc5C(F)(F)F)c(-n5c6ccccc6c6ccc(-c7cc(C)cc(C)c7)cc65)cc4C#N)c3c2)c1. The molecule has 0 saturated heterocycles. The van der Waals surface area contributed by atoms with Gasteiger partial charge >= 0.3 is 6.18 Å². The third-order valence-electron chi connectivity index (χ3n) is 11.7. The van der Waals surface area contributed by atoms with Crippen molar-refractivity contribution in [2.45, 2.75) is 33.9 Å². The molecule has 0 fully saturated rings. The molecular weight excluding hydrogens is 748 g/mol. The van der Waals surface area contributed by atoms with E-state index in [1.54, 1.807) is 18.2 Å². The number of fused-ring (bicyclic) bond motifs is 6. The monoisotopic (exact) mass is 785 g/mol. The van der Waals surface area contributed by atoms with E-state index >= 15 is 13.2 Å². The molecule has 2 heterocycles. The highest BCUT2D eigenvalue weighted by Gasteiger charge is 2.35. The minimum absolute atomic E-state index is 0.0267. The molecule has 10 aromatic rings. The van der Waals surface area contributed by atoms with Crippen molar-refractivity contribution in [3.63, 3.8) is 0 Å². The quantitative estimate of drug-likeness (QED) is 0.171. The normalized spacial score (nSPS) is 11.9. The summed E-state index contributed by atoms with van der Waals surface area (Å²) in [5.41, 5.74) is 12.9. The third-order valence-corrected chi connectivity index (χ3v) is 11.7. The number of nitrogens with zero attached hydrogens (tertiary/aromatic N) is 3. The second-order valence-corrected chi connectivity index (χ2v) is 16.0. The molecule has 3 nitrogen and oxygen atoms in total. The molecule has 0 aliphatic rings. The van der Waals surface area contributed by atoms with Gasteiger partial charge in [-0.25, -0.2) is 0 Å². The van der Waals surface area contributed by atoms with E-state index in [1.807, 2.05) is 51.6 Å². The number of hydrogen-bond donors (Lipinski definition) is 0. The summed E-state index contributed by atoms with van der Waals surface area (Å²) in [6, 6.07) is 53.3. The van der Waals surface area contributed by atoms with Crippen molar-refractivity contribution in [2.24, 2.45) is 0 Å². The molecule has 0 spiro atoms. The fraction of sp³-hybridized carbons (Fsp3) is 0.0926. The Balaban J connectivity index is 1.33. The average Bonchev–Trinajstić information content (AvgIpc) is 3.74. The van der Waals surface area contributed by atoms with Crippen molar-refractivity contribution in [1.82, 2.24) is 9.13 Å². The van der Waals surface area contributed by atoms with Crippen LogP contribution in [0.15, 0.2) is 158 Å². The lowest BCUT2D eigenvalue weighted by molar-refractivity contribution is -0.137. The number of alkyl halides is 3. The number of rotatable bonds is 5. The minimum Gasteiger partial charge on any atom is -0.309 e. The molecule has 8 aromatic carbocycles. The van der Waals surface area contributed by atoms with Gasteiger partial charge in [0.15, 0.2) is 0 Å². The van der Waals surface area contributed by atoms with Crippen molar-refractivity contribution in [2.75, 3.05) is 0 Å². The maximum Gasteiger partial charge on any atom is 0.417 e. The number of halogens is 3. The number of aryl methyl sites for hydroxylation is 4. The highest BCUT2D eigenvalue weighted by atomic mass is 19.4. The van der Waals surface area contributed by atoms with Crippen LogP contribution in [0.4, 0.5) is 13.2 Å². The Kier molecular flexibility index (Phi) is 8.55. The second-order valence-electron chi connectivity index (χ2n) is 16.0. The van der Waals surface area contributed by atoms with E-state index in [0.29, 0.717) is 22.5 Å². The van der Waals surface area contributed by atoms with Crippen molar-refractivity contribution in [1.29, 1.82) is 5.26 Å². The van der Waals surface area contributed by atoms with Crippen molar-refractivity contribution in [3.8, 4) is 50.8 Å². The van der Waals surface area contributed by atoms with E-state index < -0.39 is 11.7 Å². The van der Waals surface area contributed by atoms with Crippen molar-refractivity contribution >= 4 is 43.6 Å². The third kappa shape index (κ3) is 6.05. The molecule has 0 aliphatic heterocycles. The summed E-state index contributed by atoms with van der Waals surface area (Å²) in [7, 11) is 0. The summed E-state index contributed by atoms with van der Waals surface area (Å²) in [5.74, 6) is 0. The van der Waals surface area contributed by atoms with Crippen LogP contribution in [-0.4, -0.2) is 9.13 Å². The van der Waals surface area contributed by atoms with Gasteiger partial charge in [0.25, 0.3) is 0 Å². The van der Waals surface area contributed by atoms with Gasteiger partial charge in [-0.1, -0.05) is 138 Å². The Morgan fingerprint density at radius 1 is 0.417 bits per heavy atom. The van der Waals surface area contributed by atoms with Crippen LogP contribution in [0.2, 0.25) is 0 Å². The molecule has 0 saturated carbocycles. The lowest BCUT2D eigenvalue weighted by Crippen LogP contribution is -2.09. The lowest BCUT2D eigenvalue weighted by Gasteiger charge is -2.21. The molecule has 0 N–H and O–H groups in total. The first-order chi connectivity index (χ1) is 29.0. The van der Waals surface area contributed by atoms with E-state index in [-0.39, 0.29) is 5.56 Å². The first-order valence-electron chi connectivity index (χ1n) is 20.0. The summed E-state index contributed by atoms with van der Waals surface area (Å²) >= 11 is 0. The predicted octanol–water partition coefficient (Wildman–Crippen LogP) is 15.0. The first-order valence-corrected chi connectivity index (χ1v) is 20.0. The first kappa shape index (κ1) is 36.9. The summed E-state index contributed by atoms with van der Waals surface area (Å²) in [6.45, 7) is 8.30. The zero-order chi connectivity index (χ0) is 41.4. The summed E-state index contributed by atoms with van der Waals surface area (Å²) in [6.07, 6.45) is -4.65. The van der Waals surface area contributed by atoms with E-state index in [1.165, 1.54) is 12.1 Å². The average molecular weight is 786 g/mol. The van der Waals surface area contributed by atoms with Crippen LogP contribution in [0.1, 0.15) is 33.4 Å². The fourth-order valence-electron chi connectivity index (χ4n) is 9.32. The number of aromatic nitrogens is 2. The molecule has 290 valence electrons. The van der Waals surface area contributed by atoms with Crippen LogP contribution in [0.3, 0.4) is 0 Å². The summed E-state index contributed by atoms with van der Waals surface area (Å²) in [4.78, 5) is 0. The predicted molar refractivity (Wildman–Crippen MR) is 240 cm³/mol. The molecule has 10 rings (SSSR count). The molecule has 0 unspecified atom stereocenters. The maximum atomic E-state index is 15.2. The lowest BCUT2D eigenvalue weighted by atomic mass is 9.95. The van der Waals surface area contributed by atoms with Crippen LogP contribution in [0, 0.1) is 39.0 Å². The van der Waals surface area contributed by atoms with E-state index in [0.717, 1.165) is 94.2 Å². The number of benzene rings is 8. The van der Waals surface area contributed by atoms with Crippen molar-refractivity contribution < 1.29 is 13.2 Å². The molecule has 0 aliphatic carbocycles. The Hall–Kier alpha value is -7.36. The van der Waals surface area contributed by atoms with Gasteiger partial charge in [-0.2, -0.15) is 18.4 Å². The van der Waals surface area contributed by atoms with Crippen molar-refractivity contribution in [3.05, 3.63) is 191 Å². The second kappa shape index (κ2) is 13.9. The van der Waals surface area contributed by atoms with Crippen LogP contribution in [0.25, 0.3) is 88.4 Å². The van der Waals surface area contributed by atoms with Gasteiger partial charge in [-0.3, -0.25) is 0 Å². The molecular formula is C54H38F3N3. The Bertz CT molecular complexity index is 3390. The van der Waals surface area contributed by atoms with E-state index in [2.05, 4.69) is 113 Å². The zero-order valence-electron chi connectivity index (χ0n) is 33.5. The highest BCUT2D eigenvalue weighted by Crippen LogP contribution is 2.45. The van der Waals surface area contributed by atoms with Crippen LogP contribution in [-0.2, 0) is 6.18 Å². The van der Waals surface area contributed by atoms with Gasteiger partial charge in [-0.05, 0) is 98.0 Å². The fourth-order valence-corrected chi connectivity index (χ4v) is 9.32. The van der Waals surface area contributed by atoms with E-state index in [4.69, 9.17) is 0 Å². The molecule has 2 aromatic heterocycles. The summed E-state index contributed by atoms with van der Waals surface area (Å²) in [5, 5.41) is 15.0. The smallest absolute Gasteiger partial charge is 0.309 e. The van der Waals surface area contributed by atoms with Gasteiger partial charge in [0, 0.05) is 27.1 Å². The molecule has 0 bridgehead atoms. The van der Waals surface area contributed by atoms with Gasteiger partial charge in [0.1, 0.15) is 6.07 Å². The van der Waals surface area contributed by atoms with Gasteiger partial charge in [-0.15, -0.1) is 0 Å². The minimum atomic E-state index is -4.65. The van der Waals surface area contributed by atoms with Crippen LogP contribution in [0.5, 0.6) is 0 Å². The molecule has 0 amide bonds. The van der Waals surface area contributed by atoms with Gasteiger partial charge in [0.2, 0.25) is 0 Å². The highest BCUT2D eigenvalue weighted by molar-refractivity contribution is 6.12. The van der Waals surface area contributed by atoms with Crippen LogP contribution < -0.4 is 0 Å². The number of hydrogen-bond acceptors (Lipinski definition) is 1. The number of para-hydroxylation sites is 2.